The van der Waals surface area contributed by atoms with E-state index in [0.717, 1.165) is 29.9 Å². The molecule has 5 N–H and O–H groups in total. The van der Waals surface area contributed by atoms with Crippen LogP contribution in [0.25, 0.3) is 25.7 Å². The Morgan fingerprint density at radius 1 is 0.720 bits per heavy atom. The van der Waals surface area contributed by atoms with Crippen molar-refractivity contribution >= 4 is 66.0 Å². The highest BCUT2D eigenvalue weighted by atomic mass is 32.1. The first-order chi connectivity index (χ1) is 24.6. The third kappa shape index (κ3) is 10.2. The molecule has 50 heavy (non-hydrogen) atoms. The van der Waals surface area contributed by atoms with Gasteiger partial charge in [0, 0.05) is 68.8 Å². The highest BCUT2D eigenvalue weighted by molar-refractivity contribution is 7.25. The Morgan fingerprint density at radius 3 is 2.00 bits per heavy atom. The van der Waals surface area contributed by atoms with Crippen LogP contribution in [0.4, 0.5) is 22.7 Å². The minimum Gasteiger partial charge on any atom is -0.405 e. The number of anilines is 4. The molecule has 0 saturated heterocycles. The molecule has 0 bridgehead atoms. The number of para-hydroxylation sites is 3. The monoisotopic (exact) mass is 679 g/mol. The van der Waals surface area contributed by atoms with E-state index >= 15 is 0 Å². The molecule has 0 radical (unpaired) electrons. The normalized spacial score (nSPS) is 12.5. The van der Waals surface area contributed by atoms with E-state index in [1.165, 1.54) is 48.8 Å². The summed E-state index contributed by atoms with van der Waals surface area (Å²) < 4.78 is 2.67. The van der Waals surface area contributed by atoms with E-state index in [-0.39, 0.29) is 6.04 Å². The number of nitrogens with two attached hydrogens (primary N) is 1. The van der Waals surface area contributed by atoms with Gasteiger partial charge in [-0.05, 0) is 78.7 Å². The zero-order valence-corrected chi connectivity index (χ0v) is 30.4. The number of hydrogen-bond donors (Lipinski definition) is 4. The van der Waals surface area contributed by atoms with Crippen LogP contribution in [0, 0.1) is 0 Å². The van der Waals surface area contributed by atoms with Gasteiger partial charge in [0.1, 0.15) is 0 Å². The predicted octanol–water partition coefficient (Wildman–Crippen LogP) is 11.9. The summed E-state index contributed by atoms with van der Waals surface area (Å²) in [6.07, 6.45) is 9.79. The van der Waals surface area contributed by atoms with Crippen molar-refractivity contribution in [2.45, 2.75) is 32.7 Å². The Morgan fingerprint density at radius 2 is 1.34 bits per heavy atom. The topological polar surface area (TPSA) is 74.5 Å². The van der Waals surface area contributed by atoms with Gasteiger partial charge in [0.15, 0.2) is 0 Å². The number of thiophene rings is 1. The summed E-state index contributed by atoms with van der Waals surface area (Å²) in [7, 11) is 3.80. The van der Waals surface area contributed by atoms with Gasteiger partial charge in [0.2, 0.25) is 0 Å². The number of benzene rings is 5. The lowest BCUT2D eigenvalue weighted by Gasteiger charge is -2.23. The van der Waals surface area contributed by atoms with Gasteiger partial charge < -0.3 is 21.7 Å². The van der Waals surface area contributed by atoms with E-state index in [4.69, 9.17) is 0 Å². The van der Waals surface area contributed by atoms with E-state index in [9.17, 15) is 0 Å². The molecule has 1 aromatic heterocycles. The van der Waals surface area contributed by atoms with E-state index in [0.29, 0.717) is 0 Å². The minimum absolute atomic E-state index is 0.129. The van der Waals surface area contributed by atoms with Crippen molar-refractivity contribution in [2.24, 2.45) is 10.7 Å². The maximum Gasteiger partial charge on any atom is 0.0828 e. The fraction of sp³-hybridized carbons (Fsp3) is 0.159. The van der Waals surface area contributed by atoms with Gasteiger partial charge in [0.05, 0.1) is 6.04 Å². The fourth-order valence-electron chi connectivity index (χ4n) is 5.70. The van der Waals surface area contributed by atoms with Crippen LogP contribution < -0.4 is 21.7 Å². The number of nitrogens with zero attached hydrogens (tertiary/aromatic N) is 1. The molecule has 0 fully saturated rings. The van der Waals surface area contributed by atoms with Crippen molar-refractivity contribution in [3.8, 4) is 0 Å². The number of hydrogen-bond acceptors (Lipinski definition) is 6. The minimum atomic E-state index is 0.129. The van der Waals surface area contributed by atoms with E-state index < -0.39 is 0 Å². The maximum absolute atomic E-state index is 4.61. The lowest BCUT2D eigenvalue weighted by atomic mass is 9.89. The van der Waals surface area contributed by atoms with Crippen LogP contribution in [0.2, 0.25) is 0 Å². The molecule has 1 aliphatic rings. The summed E-state index contributed by atoms with van der Waals surface area (Å²) in [6.45, 7) is 7.14. The summed E-state index contributed by atoms with van der Waals surface area (Å²) >= 11 is 1.85. The first-order valence-electron chi connectivity index (χ1n) is 17.1. The van der Waals surface area contributed by atoms with Crippen molar-refractivity contribution in [2.75, 3.05) is 30.0 Å². The standard InChI is InChI=1S/C22H25N3.C18H13NS.C2H5N.C2H6/c1-23-16-22(25-19-8-4-3-5-9-19)18-14-12-17(13-15-18)20-10-6-7-11-21(20)24-2;1-2-6-13(7-3-1)19-14-10-11-16-15-8-4-5-9-17(15)20-18(16)12-14;1-2-3;1-2/h3-12,14,16,22,24-25H,13,15H2,1-2H3;1-12,19H;2H,1,3H2;1-2H3. The van der Waals surface area contributed by atoms with Gasteiger partial charge in [-0.15, -0.1) is 11.3 Å². The average Bonchev–Trinajstić information content (AvgIpc) is 3.55. The fourth-order valence-corrected chi connectivity index (χ4v) is 6.84. The maximum atomic E-state index is 4.61. The van der Waals surface area contributed by atoms with Crippen LogP contribution in [0.1, 0.15) is 32.3 Å². The highest BCUT2D eigenvalue weighted by Gasteiger charge is 2.17. The molecule has 1 unspecified atom stereocenters. The molecule has 1 atom stereocenters. The second kappa shape index (κ2) is 20.0. The largest absolute Gasteiger partial charge is 0.405 e. The summed E-state index contributed by atoms with van der Waals surface area (Å²) in [5.74, 6) is 0. The Bertz CT molecular complexity index is 2010. The van der Waals surface area contributed by atoms with Gasteiger partial charge in [-0.1, -0.05) is 111 Å². The smallest absolute Gasteiger partial charge is 0.0828 e. The molecule has 6 heteroatoms. The van der Waals surface area contributed by atoms with Gasteiger partial charge in [-0.3, -0.25) is 4.99 Å². The molecule has 7 rings (SSSR count). The average molecular weight is 680 g/mol. The summed E-state index contributed by atoms with van der Waals surface area (Å²) in [6, 6.07) is 44.3. The Balaban J connectivity index is 0.000000202. The predicted molar refractivity (Wildman–Crippen MR) is 224 cm³/mol. The molecule has 1 aliphatic carbocycles. The Labute approximate surface area is 302 Å². The van der Waals surface area contributed by atoms with Crippen LogP contribution in [0.15, 0.2) is 163 Å². The van der Waals surface area contributed by atoms with Crippen molar-refractivity contribution in [3.05, 3.63) is 163 Å². The molecule has 0 saturated carbocycles. The molecule has 256 valence electrons. The van der Waals surface area contributed by atoms with Crippen molar-refractivity contribution < 1.29 is 0 Å². The van der Waals surface area contributed by atoms with Crippen LogP contribution in [-0.2, 0) is 0 Å². The summed E-state index contributed by atoms with van der Waals surface area (Å²) in [4.78, 5) is 4.25. The summed E-state index contributed by atoms with van der Waals surface area (Å²) in [5.41, 5.74) is 13.2. The van der Waals surface area contributed by atoms with Crippen LogP contribution >= 0.6 is 11.3 Å². The van der Waals surface area contributed by atoms with Gasteiger partial charge in [-0.25, -0.2) is 0 Å². The van der Waals surface area contributed by atoms with Gasteiger partial charge in [-0.2, -0.15) is 0 Å². The molecular weight excluding hydrogens is 631 g/mol. The van der Waals surface area contributed by atoms with E-state index in [1.54, 1.807) is 0 Å². The molecule has 5 aromatic carbocycles. The van der Waals surface area contributed by atoms with E-state index in [2.05, 4.69) is 136 Å². The zero-order chi connectivity index (χ0) is 35.6. The molecule has 1 heterocycles. The molecule has 5 nitrogen and oxygen atoms in total. The van der Waals surface area contributed by atoms with Crippen molar-refractivity contribution in [3.63, 3.8) is 0 Å². The number of aliphatic imine (C=N–C) groups is 1. The molecule has 0 aliphatic heterocycles. The number of fused-ring (bicyclic) bond motifs is 3. The van der Waals surface area contributed by atoms with Crippen LogP contribution in [-0.4, -0.2) is 26.4 Å². The van der Waals surface area contributed by atoms with Crippen LogP contribution in [0.3, 0.4) is 0 Å². The van der Waals surface area contributed by atoms with Crippen molar-refractivity contribution in [1.82, 2.24) is 0 Å². The molecular formula is C44H49N5S. The quantitative estimate of drug-likeness (QED) is 0.121. The van der Waals surface area contributed by atoms with Gasteiger partial charge >= 0.3 is 0 Å². The van der Waals surface area contributed by atoms with E-state index in [1.807, 2.05) is 81.9 Å². The second-order valence-corrected chi connectivity index (χ2v) is 12.2. The third-order valence-electron chi connectivity index (χ3n) is 7.96. The van der Waals surface area contributed by atoms with Gasteiger partial charge in [0.25, 0.3) is 0 Å². The first kappa shape index (κ1) is 37.2. The third-order valence-corrected chi connectivity index (χ3v) is 9.09. The molecule has 6 aromatic rings. The first-order valence-corrected chi connectivity index (χ1v) is 17.9. The summed E-state index contributed by atoms with van der Waals surface area (Å²) in [5, 5.41) is 13.0. The number of allylic oxidation sites excluding steroid dienone is 3. The SMILES string of the molecule is C=CN.CC.CN=CC(Nc1ccccc1)C1=CC=C(c2ccccc2NC)CC1.c1ccc(Nc2ccc3c(c2)sc2ccccc23)cc1. The Kier molecular flexibility index (Phi) is 14.9. The molecule has 0 amide bonds. The highest BCUT2D eigenvalue weighted by Crippen LogP contribution is 2.36. The van der Waals surface area contributed by atoms with Crippen molar-refractivity contribution in [1.29, 1.82) is 0 Å². The number of rotatable bonds is 8. The lowest BCUT2D eigenvalue weighted by Crippen LogP contribution is -2.24. The lowest BCUT2D eigenvalue weighted by molar-refractivity contribution is 0.904. The number of nitrogens with one attached hydrogen (secondary N) is 3. The molecule has 0 spiro atoms. The Hall–Kier alpha value is -5.59. The zero-order valence-electron chi connectivity index (χ0n) is 29.6. The van der Waals surface area contributed by atoms with Crippen LogP contribution in [0.5, 0.6) is 0 Å². The second-order valence-electron chi connectivity index (χ2n) is 11.2.